The number of nitrogens with one attached hydrogen (secondary N) is 2. The first-order chi connectivity index (χ1) is 8.69. The molecule has 0 aliphatic rings. The normalized spacial score (nSPS) is 11.2. The first-order valence-electron chi connectivity index (χ1n) is 5.20. The summed E-state index contributed by atoms with van der Waals surface area (Å²) in [4.78, 5) is 1.14. The van der Waals surface area contributed by atoms with Crippen LogP contribution >= 0.6 is 12.2 Å². The van der Waals surface area contributed by atoms with Crippen LogP contribution in [0.25, 0.3) is 0 Å². The largest absolute Gasteiger partial charge is 0.376 e. The van der Waals surface area contributed by atoms with E-state index in [4.69, 9.17) is 18.0 Å². The van der Waals surface area contributed by atoms with E-state index in [9.17, 15) is 12.8 Å². The number of nitrogens with zero attached hydrogens (tertiary/aromatic N) is 1. The van der Waals surface area contributed by atoms with E-state index in [2.05, 4.69) is 10.0 Å². The summed E-state index contributed by atoms with van der Waals surface area (Å²) in [6.45, 7) is 0. The van der Waals surface area contributed by atoms with Crippen molar-refractivity contribution in [3.05, 3.63) is 17.9 Å². The number of thiocarbonyl (C=S) groups is 1. The van der Waals surface area contributed by atoms with Crippen LogP contribution in [-0.4, -0.2) is 34.7 Å². The zero-order valence-corrected chi connectivity index (χ0v) is 12.3. The summed E-state index contributed by atoms with van der Waals surface area (Å²) in [5, 5.41) is 2.59. The minimum atomic E-state index is -3.90. The topological polar surface area (TPSA) is 87.5 Å². The second-order valence-electron chi connectivity index (χ2n) is 3.89. The lowest BCUT2D eigenvalue weighted by atomic mass is 10.2. The average molecular weight is 306 g/mol. The van der Waals surface area contributed by atoms with Crippen molar-refractivity contribution in [2.45, 2.75) is 4.90 Å². The summed E-state index contributed by atoms with van der Waals surface area (Å²) in [5.41, 5.74) is 6.11. The first kappa shape index (κ1) is 15.6. The van der Waals surface area contributed by atoms with Crippen LogP contribution in [0.3, 0.4) is 0 Å². The van der Waals surface area contributed by atoms with E-state index in [1.165, 1.54) is 7.05 Å². The fourth-order valence-electron chi connectivity index (χ4n) is 1.46. The van der Waals surface area contributed by atoms with Crippen molar-refractivity contribution in [3.63, 3.8) is 0 Å². The molecule has 0 atom stereocenters. The summed E-state index contributed by atoms with van der Waals surface area (Å²) in [6.07, 6.45) is 0. The molecule has 19 heavy (non-hydrogen) atoms. The molecule has 0 amide bonds. The fourth-order valence-corrected chi connectivity index (χ4v) is 2.38. The van der Waals surface area contributed by atoms with Gasteiger partial charge in [-0.3, -0.25) is 0 Å². The van der Waals surface area contributed by atoms with Crippen LogP contribution in [0.15, 0.2) is 17.0 Å². The first-order valence-corrected chi connectivity index (χ1v) is 7.09. The van der Waals surface area contributed by atoms with Crippen LogP contribution in [0.1, 0.15) is 0 Å². The second kappa shape index (κ2) is 5.68. The maximum absolute atomic E-state index is 13.9. The molecule has 0 bridgehead atoms. The van der Waals surface area contributed by atoms with E-state index in [0.717, 1.165) is 12.1 Å². The fraction of sp³-hybridized carbons (Fsp3) is 0.300. The SMILES string of the molecule is CNS(=O)(=O)c1cc(NC(N)=S)c(N(C)C)cc1F. The summed E-state index contributed by atoms with van der Waals surface area (Å²) >= 11 is 4.71. The van der Waals surface area contributed by atoms with Gasteiger partial charge in [-0.1, -0.05) is 0 Å². The highest BCUT2D eigenvalue weighted by Crippen LogP contribution is 2.30. The molecule has 0 fully saturated rings. The Morgan fingerprint density at radius 3 is 2.42 bits per heavy atom. The summed E-state index contributed by atoms with van der Waals surface area (Å²) in [5.74, 6) is -0.855. The van der Waals surface area contributed by atoms with Gasteiger partial charge in [-0.25, -0.2) is 17.5 Å². The molecule has 0 heterocycles. The van der Waals surface area contributed by atoms with Gasteiger partial charge >= 0.3 is 0 Å². The van der Waals surface area contributed by atoms with Gasteiger partial charge in [-0.15, -0.1) is 0 Å². The monoisotopic (exact) mass is 306 g/mol. The number of hydrogen-bond acceptors (Lipinski definition) is 4. The van der Waals surface area contributed by atoms with E-state index in [-0.39, 0.29) is 5.11 Å². The van der Waals surface area contributed by atoms with Gasteiger partial charge in [-0.2, -0.15) is 0 Å². The Balaban J connectivity index is 3.51. The summed E-state index contributed by atoms with van der Waals surface area (Å²) in [7, 11) is 0.679. The highest BCUT2D eigenvalue weighted by Gasteiger charge is 2.21. The minimum absolute atomic E-state index is 0.0393. The molecule has 0 spiro atoms. The lowest BCUT2D eigenvalue weighted by Crippen LogP contribution is -2.24. The summed E-state index contributed by atoms with van der Waals surface area (Å²) < 4.78 is 39.3. The Kier molecular flexibility index (Phi) is 4.66. The molecule has 4 N–H and O–H groups in total. The van der Waals surface area contributed by atoms with Gasteiger partial charge in [0.25, 0.3) is 0 Å². The number of hydrogen-bond donors (Lipinski definition) is 3. The van der Waals surface area contributed by atoms with Crippen molar-refractivity contribution >= 4 is 38.7 Å². The van der Waals surface area contributed by atoms with Gasteiger partial charge in [0.2, 0.25) is 10.0 Å². The van der Waals surface area contributed by atoms with Crippen LogP contribution in [0.4, 0.5) is 15.8 Å². The van der Waals surface area contributed by atoms with Gasteiger partial charge in [-0.05, 0) is 25.3 Å². The predicted molar refractivity (Wildman–Crippen MR) is 77.4 cm³/mol. The van der Waals surface area contributed by atoms with Crippen LogP contribution < -0.4 is 20.7 Å². The summed E-state index contributed by atoms with van der Waals surface area (Å²) in [6, 6.07) is 2.25. The van der Waals surface area contributed by atoms with Crippen LogP contribution in [0.5, 0.6) is 0 Å². The third-order valence-electron chi connectivity index (χ3n) is 2.35. The Hall–Kier alpha value is -1.45. The van der Waals surface area contributed by atoms with Crippen molar-refractivity contribution in [1.82, 2.24) is 4.72 Å². The van der Waals surface area contributed by atoms with Gasteiger partial charge in [0.15, 0.2) is 5.11 Å². The Bertz CT molecular complexity index is 602. The number of benzene rings is 1. The Morgan fingerprint density at radius 2 is 2.00 bits per heavy atom. The van der Waals surface area contributed by atoms with Crippen LogP contribution in [0, 0.1) is 5.82 Å². The van der Waals surface area contributed by atoms with E-state index in [0.29, 0.717) is 11.4 Å². The molecular formula is C10H15FN4O2S2. The lowest BCUT2D eigenvalue weighted by Gasteiger charge is -2.19. The van der Waals surface area contributed by atoms with Crippen molar-refractivity contribution < 1.29 is 12.8 Å². The molecule has 0 aromatic heterocycles. The zero-order chi connectivity index (χ0) is 14.8. The van der Waals surface area contributed by atoms with Crippen LogP contribution in [0.2, 0.25) is 0 Å². The molecule has 0 aliphatic carbocycles. The minimum Gasteiger partial charge on any atom is -0.376 e. The third kappa shape index (κ3) is 3.52. The molecular weight excluding hydrogens is 291 g/mol. The van der Waals surface area contributed by atoms with Gasteiger partial charge in [0.05, 0.1) is 11.4 Å². The van der Waals surface area contributed by atoms with Gasteiger partial charge in [0.1, 0.15) is 10.7 Å². The Morgan fingerprint density at radius 1 is 1.42 bits per heavy atom. The number of halogens is 1. The number of nitrogens with two attached hydrogens (primary N) is 1. The van der Waals surface area contributed by atoms with E-state index in [1.807, 2.05) is 0 Å². The molecule has 106 valence electrons. The van der Waals surface area contributed by atoms with Crippen molar-refractivity contribution in [1.29, 1.82) is 0 Å². The highest BCUT2D eigenvalue weighted by atomic mass is 32.2. The van der Waals surface area contributed by atoms with E-state index < -0.39 is 20.7 Å². The molecule has 9 heteroatoms. The molecule has 0 aliphatic heterocycles. The highest BCUT2D eigenvalue weighted by molar-refractivity contribution is 7.89. The average Bonchev–Trinajstić information content (AvgIpc) is 2.29. The molecule has 6 nitrogen and oxygen atoms in total. The van der Waals surface area contributed by atoms with Crippen molar-refractivity contribution in [2.75, 3.05) is 31.4 Å². The molecule has 1 aromatic carbocycles. The lowest BCUT2D eigenvalue weighted by molar-refractivity contribution is 0.562. The smallest absolute Gasteiger partial charge is 0.243 e. The molecule has 0 saturated carbocycles. The van der Waals surface area contributed by atoms with E-state index >= 15 is 0 Å². The maximum atomic E-state index is 13.9. The maximum Gasteiger partial charge on any atom is 0.243 e. The quantitative estimate of drug-likeness (QED) is 0.700. The molecule has 1 aromatic rings. The van der Waals surface area contributed by atoms with Gasteiger partial charge < -0.3 is 16.0 Å². The standard InChI is InChI=1S/C10H15FN4O2S2/c1-13-19(16,17)9-5-7(14-10(12)18)8(15(2)3)4-6(9)11/h4-5,13H,1-3H3,(H3,12,14,18). The number of anilines is 2. The molecule has 1 rings (SSSR count). The van der Waals surface area contributed by atoms with Crippen molar-refractivity contribution in [2.24, 2.45) is 5.73 Å². The number of sulfonamides is 1. The third-order valence-corrected chi connectivity index (χ3v) is 3.88. The zero-order valence-electron chi connectivity index (χ0n) is 10.7. The molecule has 0 unspecified atom stereocenters. The van der Waals surface area contributed by atoms with Crippen LogP contribution in [-0.2, 0) is 10.0 Å². The predicted octanol–water partition coefficient (Wildman–Crippen LogP) is 0.455. The second-order valence-corrected chi connectivity index (χ2v) is 6.19. The van der Waals surface area contributed by atoms with Gasteiger partial charge in [0, 0.05) is 20.2 Å². The number of rotatable bonds is 4. The Labute approximate surface area is 116 Å². The van der Waals surface area contributed by atoms with Crippen molar-refractivity contribution in [3.8, 4) is 0 Å². The van der Waals surface area contributed by atoms with E-state index in [1.54, 1.807) is 19.0 Å². The molecule has 0 radical (unpaired) electrons. The molecule has 0 saturated heterocycles.